The lowest BCUT2D eigenvalue weighted by Gasteiger charge is -2.11. The van der Waals surface area contributed by atoms with Gasteiger partial charge in [-0.15, -0.1) is 6.58 Å². The van der Waals surface area contributed by atoms with Crippen LogP contribution in [-0.4, -0.2) is 6.29 Å². The van der Waals surface area contributed by atoms with Crippen LogP contribution in [0.3, 0.4) is 0 Å². The molecule has 0 aliphatic carbocycles. The molecule has 0 aliphatic rings. The number of hydrogen-bond acceptors (Lipinski definition) is 2. The molecule has 0 saturated heterocycles. The second-order valence-electron chi connectivity index (χ2n) is 4.91. The van der Waals surface area contributed by atoms with Crippen molar-refractivity contribution in [1.82, 2.24) is 0 Å². The number of rotatable bonds is 9. The Morgan fingerprint density at radius 3 is 2.75 bits per heavy atom. The van der Waals surface area contributed by atoms with Crippen LogP contribution in [0.4, 0.5) is 5.69 Å². The van der Waals surface area contributed by atoms with Crippen molar-refractivity contribution in [3.05, 3.63) is 53.8 Å². The fourth-order valence-corrected chi connectivity index (χ4v) is 2.22. The monoisotopic (exact) mass is 271 g/mol. The number of anilines is 1. The number of carbonyl (C=O) groups excluding carboxylic acids is 1. The van der Waals surface area contributed by atoms with Gasteiger partial charge >= 0.3 is 0 Å². The molecular formula is C18H25NO. The molecule has 0 unspecified atom stereocenters. The number of aryl methyl sites for hydroxylation is 1. The average molecular weight is 271 g/mol. The van der Waals surface area contributed by atoms with Gasteiger partial charge in [0.2, 0.25) is 0 Å². The van der Waals surface area contributed by atoms with E-state index in [1.807, 2.05) is 12.1 Å². The van der Waals surface area contributed by atoms with E-state index in [9.17, 15) is 4.79 Å². The third kappa shape index (κ3) is 5.04. The number of benzene rings is 1. The fraction of sp³-hybridized carbons (Fsp3) is 0.389. The first-order chi connectivity index (χ1) is 9.74. The van der Waals surface area contributed by atoms with E-state index < -0.39 is 0 Å². The summed E-state index contributed by atoms with van der Waals surface area (Å²) in [6.45, 7) is 8.12. The van der Waals surface area contributed by atoms with Crippen LogP contribution >= 0.6 is 0 Å². The summed E-state index contributed by atoms with van der Waals surface area (Å²) in [7, 11) is 0. The molecule has 2 heteroatoms. The Balaban J connectivity index is 2.87. The van der Waals surface area contributed by atoms with Gasteiger partial charge in [-0.2, -0.15) is 0 Å². The molecule has 0 amide bonds. The van der Waals surface area contributed by atoms with E-state index >= 15 is 0 Å². The van der Waals surface area contributed by atoms with E-state index in [1.165, 1.54) is 11.1 Å². The molecule has 0 saturated carbocycles. The van der Waals surface area contributed by atoms with Gasteiger partial charge in [0, 0.05) is 18.3 Å². The second kappa shape index (κ2) is 9.13. The van der Waals surface area contributed by atoms with Crippen molar-refractivity contribution in [2.24, 2.45) is 0 Å². The van der Waals surface area contributed by atoms with Crippen molar-refractivity contribution < 1.29 is 4.79 Å². The highest BCUT2D eigenvalue weighted by atomic mass is 16.1. The fourth-order valence-electron chi connectivity index (χ4n) is 2.22. The van der Waals surface area contributed by atoms with Crippen molar-refractivity contribution in [2.45, 2.75) is 46.0 Å². The van der Waals surface area contributed by atoms with Crippen LogP contribution in [0.2, 0.25) is 0 Å². The zero-order valence-corrected chi connectivity index (χ0v) is 12.6. The zero-order valence-electron chi connectivity index (χ0n) is 12.6. The molecule has 20 heavy (non-hydrogen) atoms. The average Bonchev–Trinajstić information content (AvgIpc) is 2.46. The molecule has 1 N–H and O–H groups in total. The SMILES string of the molecule is C=CC/C(=C\Nc1ccc(CC=O)cc1CC)CCC. The molecule has 108 valence electrons. The molecule has 0 heterocycles. The van der Waals surface area contributed by atoms with Gasteiger partial charge in [0.25, 0.3) is 0 Å². The second-order valence-corrected chi connectivity index (χ2v) is 4.91. The molecule has 0 aromatic heterocycles. The highest BCUT2D eigenvalue weighted by Crippen LogP contribution is 2.20. The van der Waals surface area contributed by atoms with Gasteiger partial charge < -0.3 is 10.1 Å². The Labute approximate surface area is 122 Å². The van der Waals surface area contributed by atoms with Crippen molar-refractivity contribution in [2.75, 3.05) is 5.32 Å². The number of hydrogen-bond donors (Lipinski definition) is 1. The van der Waals surface area contributed by atoms with Gasteiger partial charge in [-0.3, -0.25) is 0 Å². The maximum Gasteiger partial charge on any atom is 0.124 e. The standard InChI is InChI=1S/C18H25NO/c1-4-7-16(8-5-2)14-19-18-10-9-15(11-12-20)13-17(18)6-3/h4,9-10,12-14,19H,1,5-8,11H2,2-3H3/b16-14+. The summed E-state index contributed by atoms with van der Waals surface area (Å²) in [5.74, 6) is 0. The maximum absolute atomic E-state index is 10.6. The highest BCUT2D eigenvalue weighted by Gasteiger charge is 2.02. The number of nitrogens with one attached hydrogen (secondary N) is 1. The van der Waals surface area contributed by atoms with Gasteiger partial charge in [0.15, 0.2) is 0 Å². The van der Waals surface area contributed by atoms with Gasteiger partial charge in [-0.25, -0.2) is 0 Å². The first kappa shape index (κ1) is 16.2. The normalized spacial score (nSPS) is 11.2. The molecular weight excluding hydrogens is 246 g/mol. The van der Waals surface area contributed by atoms with Crippen molar-refractivity contribution in [3.8, 4) is 0 Å². The lowest BCUT2D eigenvalue weighted by atomic mass is 10.0. The Bertz CT molecular complexity index is 474. The van der Waals surface area contributed by atoms with Crippen LogP contribution in [0.5, 0.6) is 0 Å². The number of aldehydes is 1. The number of carbonyl (C=O) groups is 1. The number of allylic oxidation sites excluding steroid dienone is 2. The van der Waals surface area contributed by atoms with E-state index in [-0.39, 0.29) is 0 Å². The van der Waals surface area contributed by atoms with Gasteiger partial charge in [-0.1, -0.05) is 44.1 Å². The van der Waals surface area contributed by atoms with E-state index in [0.29, 0.717) is 6.42 Å². The predicted octanol–water partition coefficient (Wildman–Crippen LogP) is 4.66. The Kier molecular flexibility index (Phi) is 7.41. The summed E-state index contributed by atoms with van der Waals surface area (Å²) < 4.78 is 0. The maximum atomic E-state index is 10.6. The smallest absolute Gasteiger partial charge is 0.124 e. The topological polar surface area (TPSA) is 29.1 Å². The molecule has 2 nitrogen and oxygen atoms in total. The third-order valence-electron chi connectivity index (χ3n) is 3.28. The molecule has 0 fully saturated rings. The summed E-state index contributed by atoms with van der Waals surface area (Å²) in [6.07, 6.45) is 9.57. The lowest BCUT2D eigenvalue weighted by molar-refractivity contribution is -0.107. The van der Waals surface area contributed by atoms with Gasteiger partial charge in [-0.05, 0) is 36.5 Å². The van der Waals surface area contributed by atoms with Crippen molar-refractivity contribution in [1.29, 1.82) is 0 Å². The molecule has 1 rings (SSSR count). The van der Waals surface area contributed by atoms with E-state index in [0.717, 1.165) is 43.2 Å². The van der Waals surface area contributed by atoms with E-state index in [1.54, 1.807) is 0 Å². The molecule has 0 spiro atoms. The van der Waals surface area contributed by atoms with Gasteiger partial charge in [0.05, 0.1) is 0 Å². The Morgan fingerprint density at radius 2 is 2.15 bits per heavy atom. The third-order valence-corrected chi connectivity index (χ3v) is 3.28. The molecule has 0 bridgehead atoms. The minimum Gasteiger partial charge on any atom is -0.361 e. The summed E-state index contributed by atoms with van der Waals surface area (Å²) >= 11 is 0. The molecule has 0 radical (unpaired) electrons. The van der Waals surface area contributed by atoms with Crippen LogP contribution in [0.1, 0.15) is 44.2 Å². The summed E-state index contributed by atoms with van der Waals surface area (Å²) in [5.41, 5.74) is 4.81. The lowest BCUT2D eigenvalue weighted by Crippen LogP contribution is -1.98. The van der Waals surface area contributed by atoms with Crippen LogP contribution in [-0.2, 0) is 17.6 Å². The Morgan fingerprint density at radius 1 is 1.35 bits per heavy atom. The van der Waals surface area contributed by atoms with Crippen LogP contribution in [0.15, 0.2) is 42.6 Å². The quantitative estimate of drug-likeness (QED) is 0.522. The minimum absolute atomic E-state index is 0.487. The van der Waals surface area contributed by atoms with Crippen LogP contribution < -0.4 is 5.32 Å². The summed E-state index contributed by atoms with van der Waals surface area (Å²) in [5, 5.41) is 3.41. The first-order valence-electron chi connectivity index (χ1n) is 7.35. The molecule has 0 atom stereocenters. The highest BCUT2D eigenvalue weighted by molar-refractivity contribution is 5.59. The first-order valence-corrected chi connectivity index (χ1v) is 7.35. The summed E-state index contributed by atoms with van der Waals surface area (Å²) in [6, 6.07) is 6.18. The summed E-state index contributed by atoms with van der Waals surface area (Å²) in [4.78, 5) is 10.6. The van der Waals surface area contributed by atoms with Crippen LogP contribution in [0, 0.1) is 0 Å². The molecule has 1 aromatic rings. The molecule has 1 aromatic carbocycles. The largest absolute Gasteiger partial charge is 0.361 e. The van der Waals surface area contributed by atoms with Crippen LogP contribution in [0.25, 0.3) is 0 Å². The van der Waals surface area contributed by atoms with Crippen molar-refractivity contribution in [3.63, 3.8) is 0 Å². The minimum atomic E-state index is 0.487. The van der Waals surface area contributed by atoms with Gasteiger partial charge in [0.1, 0.15) is 6.29 Å². The Hall–Kier alpha value is -1.83. The van der Waals surface area contributed by atoms with E-state index in [2.05, 4.69) is 44.1 Å². The zero-order chi connectivity index (χ0) is 14.8. The predicted molar refractivity (Wildman–Crippen MR) is 87.0 cm³/mol. The van der Waals surface area contributed by atoms with Crippen molar-refractivity contribution >= 4 is 12.0 Å². The van der Waals surface area contributed by atoms with E-state index in [4.69, 9.17) is 0 Å². The molecule has 0 aliphatic heterocycles.